The zero-order chi connectivity index (χ0) is 18.9. The lowest BCUT2D eigenvalue weighted by atomic mass is 9.56. The Morgan fingerprint density at radius 2 is 1.62 bits per heavy atom. The Kier molecular flexibility index (Phi) is 6.48. The molecule has 1 N–H and O–H groups in total. The Morgan fingerprint density at radius 1 is 0.846 bits per heavy atom. The molecule has 152 valence electrons. The molecule has 0 aromatic carbocycles. The maximum Gasteiger partial charge on any atom is 0.0433 e. The van der Waals surface area contributed by atoms with Crippen molar-refractivity contribution in [3.8, 4) is 0 Å². The van der Waals surface area contributed by atoms with Gasteiger partial charge in [0.05, 0.1) is 0 Å². The maximum atomic E-state index is 9.44. The second kappa shape index (κ2) is 8.14. The van der Waals surface area contributed by atoms with E-state index in [4.69, 9.17) is 0 Å². The number of hydrogen-bond acceptors (Lipinski definition) is 1. The van der Waals surface area contributed by atoms with E-state index in [0.29, 0.717) is 23.4 Å². The van der Waals surface area contributed by atoms with Crippen LogP contribution in [0.2, 0.25) is 0 Å². The smallest absolute Gasteiger partial charge is 0.0433 e. The van der Waals surface area contributed by atoms with Crippen LogP contribution in [0.25, 0.3) is 0 Å². The predicted molar refractivity (Wildman–Crippen MR) is 112 cm³/mol. The first-order chi connectivity index (χ1) is 12.3. The monoisotopic (exact) mass is 362 g/mol. The molecular weight excluding hydrogens is 316 g/mol. The average molecular weight is 363 g/mol. The number of fused-ring (bicyclic) bond motifs is 1. The van der Waals surface area contributed by atoms with Crippen molar-refractivity contribution >= 4 is 0 Å². The van der Waals surface area contributed by atoms with Crippen molar-refractivity contribution < 1.29 is 5.11 Å². The predicted octanol–water partition coefficient (Wildman–Crippen LogP) is 7.08. The van der Waals surface area contributed by atoms with Crippen molar-refractivity contribution in [1.29, 1.82) is 0 Å². The number of aliphatic hydroxyl groups is 1. The highest BCUT2D eigenvalue weighted by molar-refractivity contribution is 5.02. The number of aliphatic hydroxyl groups excluding tert-OH is 1. The fraction of sp³-hybridized carbons (Fsp3) is 1.00. The molecule has 0 aromatic heterocycles. The zero-order valence-electron chi connectivity index (χ0n) is 18.4. The van der Waals surface area contributed by atoms with Crippen LogP contribution in [0, 0.1) is 46.3 Å². The topological polar surface area (TPSA) is 20.2 Å². The molecule has 5 unspecified atom stereocenters. The lowest BCUT2D eigenvalue weighted by molar-refractivity contribution is 0.00340. The van der Waals surface area contributed by atoms with E-state index in [2.05, 4.69) is 34.6 Å². The van der Waals surface area contributed by atoms with Crippen molar-refractivity contribution in [1.82, 2.24) is 0 Å². The van der Waals surface area contributed by atoms with Gasteiger partial charge in [0.1, 0.15) is 0 Å². The first-order valence-corrected chi connectivity index (χ1v) is 11.9. The van der Waals surface area contributed by atoms with Gasteiger partial charge in [-0.2, -0.15) is 0 Å². The summed E-state index contributed by atoms with van der Waals surface area (Å²) in [6.45, 7) is 13.1. The van der Waals surface area contributed by atoms with E-state index in [0.717, 1.165) is 36.0 Å². The Balaban J connectivity index is 1.68. The molecular formula is C25H46O. The molecule has 3 saturated carbocycles. The van der Waals surface area contributed by atoms with Crippen molar-refractivity contribution in [3.05, 3.63) is 0 Å². The third-order valence-corrected chi connectivity index (χ3v) is 9.56. The molecule has 0 heterocycles. The van der Waals surface area contributed by atoms with E-state index >= 15 is 0 Å². The molecule has 3 aliphatic carbocycles. The van der Waals surface area contributed by atoms with E-state index < -0.39 is 0 Å². The summed E-state index contributed by atoms with van der Waals surface area (Å²) in [5, 5.41) is 9.44. The number of hydrogen-bond donors (Lipinski definition) is 1. The average Bonchev–Trinajstić information content (AvgIpc) is 2.92. The van der Waals surface area contributed by atoms with Crippen LogP contribution in [0.15, 0.2) is 0 Å². The lowest BCUT2D eigenvalue weighted by Crippen LogP contribution is -2.41. The quantitative estimate of drug-likeness (QED) is 0.535. The largest absolute Gasteiger partial charge is 0.396 e. The Labute approximate surface area is 163 Å². The van der Waals surface area contributed by atoms with Crippen LogP contribution in [0.4, 0.5) is 0 Å². The van der Waals surface area contributed by atoms with Gasteiger partial charge in [-0.05, 0) is 91.3 Å². The number of rotatable bonds is 6. The van der Waals surface area contributed by atoms with E-state index in [1.54, 1.807) is 0 Å². The summed E-state index contributed by atoms with van der Waals surface area (Å²) in [6, 6.07) is 0. The molecule has 0 radical (unpaired) electrons. The van der Waals surface area contributed by atoms with Gasteiger partial charge in [-0.15, -0.1) is 0 Å². The van der Waals surface area contributed by atoms with Gasteiger partial charge in [-0.25, -0.2) is 0 Å². The van der Waals surface area contributed by atoms with Gasteiger partial charge in [0, 0.05) is 6.61 Å². The van der Waals surface area contributed by atoms with E-state index in [1.807, 2.05) is 0 Å². The molecule has 0 spiro atoms. The molecule has 0 aromatic rings. The molecule has 1 heteroatoms. The highest BCUT2D eigenvalue weighted by atomic mass is 16.3. The van der Waals surface area contributed by atoms with Gasteiger partial charge in [0.2, 0.25) is 0 Å². The molecule has 7 atom stereocenters. The fourth-order valence-corrected chi connectivity index (χ4v) is 8.22. The normalized spacial score (nSPS) is 42.2. The second-order valence-electron chi connectivity index (χ2n) is 11.5. The summed E-state index contributed by atoms with van der Waals surface area (Å²) in [4.78, 5) is 0. The molecule has 3 rings (SSSR count). The minimum atomic E-state index is 0.371. The van der Waals surface area contributed by atoms with Gasteiger partial charge < -0.3 is 5.11 Å². The second-order valence-corrected chi connectivity index (χ2v) is 11.5. The third-order valence-electron chi connectivity index (χ3n) is 9.56. The van der Waals surface area contributed by atoms with Gasteiger partial charge in [-0.1, -0.05) is 60.3 Å². The highest BCUT2D eigenvalue weighted by Crippen LogP contribution is 2.61. The molecule has 0 aliphatic heterocycles. The molecule has 26 heavy (non-hydrogen) atoms. The summed E-state index contributed by atoms with van der Waals surface area (Å²) < 4.78 is 0. The summed E-state index contributed by atoms with van der Waals surface area (Å²) in [5.41, 5.74) is 1.11. The third kappa shape index (κ3) is 3.89. The van der Waals surface area contributed by atoms with Crippen LogP contribution in [0.1, 0.15) is 105 Å². The molecule has 0 saturated heterocycles. The van der Waals surface area contributed by atoms with Crippen LogP contribution in [-0.2, 0) is 0 Å². The summed E-state index contributed by atoms with van der Waals surface area (Å²) >= 11 is 0. The van der Waals surface area contributed by atoms with E-state index in [9.17, 15) is 5.11 Å². The van der Waals surface area contributed by atoms with Crippen molar-refractivity contribution in [2.75, 3.05) is 6.61 Å². The van der Waals surface area contributed by atoms with Crippen LogP contribution >= 0.6 is 0 Å². The first-order valence-electron chi connectivity index (χ1n) is 11.9. The van der Waals surface area contributed by atoms with E-state index in [1.165, 1.54) is 64.2 Å². The Morgan fingerprint density at radius 3 is 2.31 bits per heavy atom. The summed E-state index contributed by atoms with van der Waals surface area (Å²) in [5.74, 6) is 5.30. The van der Waals surface area contributed by atoms with E-state index in [-0.39, 0.29) is 0 Å². The van der Waals surface area contributed by atoms with Gasteiger partial charge in [0.15, 0.2) is 0 Å². The fourth-order valence-electron chi connectivity index (χ4n) is 8.22. The lowest BCUT2D eigenvalue weighted by Gasteiger charge is -2.49. The van der Waals surface area contributed by atoms with Gasteiger partial charge in [-0.3, -0.25) is 0 Å². The zero-order valence-corrected chi connectivity index (χ0v) is 18.4. The van der Waals surface area contributed by atoms with Crippen LogP contribution in [0.5, 0.6) is 0 Å². The van der Waals surface area contributed by atoms with Crippen LogP contribution in [-0.4, -0.2) is 11.7 Å². The molecule has 3 aliphatic rings. The standard InChI is InChI=1S/C25H46O/c1-18(13-16-26)22-11-12-23-20(9-8-15-25(22,23)5)17-19(2)21-10-6-7-14-24(21,3)4/h18-23,26H,6-17H2,1-5H3/t18-,19+,20?,21?,22?,23?,25?/m1/s1. The SMILES string of the molecule is C[C@H](CCO)C1CCC2C(C[C@H](C)C3CCCCC3(C)C)CCCC21C. The molecule has 0 amide bonds. The summed E-state index contributed by atoms with van der Waals surface area (Å²) in [7, 11) is 0. The molecule has 1 nitrogen and oxygen atoms in total. The van der Waals surface area contributed by atoms with Crippen molar-refractivity contribution in [3.63, 3.8) is 0 Å². The van der Waals surface area contributed by atoms with Crippen molar-refractivity contribution in [2.45, 2.75) is 105 Å². The minimum Gasteiger partial charge on any atom is -0.396 e. The maximum absolute atomic E-state index is 9.44. The first kappa shape index (κ1) is 20.7. The van der Waals surface area contributed by atoms with Crippen LogP contribution < -0.4 is 0 Å². The molecule has 3 fully saturated rings. The Hall–Kier alpha value is -0.0400. The minimum absolute atomic E-state index is 0.371. The van der Waals surface area contributed by atoms with Gasteiger partial charge in [0.25, 0.3) is 0 Å². The summed E-state index contributed by atoms with van der Waals surface area (Å²) in [6.07, 6.45) is 15.6. The highest BCUT2D eigenvalue weighted by Gasteiger charge is 2.52. The van der Waals surface area contributed by atoms with Crippen molar-refractivity contribution in [2.24, 2.45) is 46.3 Å². The Bertz CT molecular complexity index is 455. The van der Waals surface area contributed by atoms with Crippen LogP contribution in [0.3, 0.4) is 0 Å². The van der Waals surface area contributed by atoms with Gasteiger partial charge >= 0.3 is 0 Å². The molecule has 0 bridgehead atoms.